The highest BCUT2D eigenvalue weighted by atomic mass is 19.2. The van der Waals surface area contributed by atoms with Gasteiger partial charge >= 0.3 is 0 Å². The monoisotopic (exact) mass is 269 g/mol. The molecule has 106 valence electrons. The van der Waals surface area contributed by atoms with Crippen molar-refractivity contribution in [3.63, 3.8) is 0 Å². The predicted molar refractivity (Wildman–Crippen MR) is 71.1 cm³/mol. The largest absolute Gasteiger partial charge is 0.374 e. The Labute approximate surface area is 113 Å². The first-order valence-electron chi connectivity index (χ1n) is 6.81. The van der Waals surface area contributed by atoms with Gasteiger partial charge in [-0.05, 0) is 51.3 Å². The maximum absolute atomic E-state index is 13.7. The number of ether oxygens (including phenoxy) is 1. The van der Waals surface area contributed by atoms with E-state index in [1.165, 1.54) is 0 Å². The summed E-state index contributed by atoms with van der Waals surface area (Å²) in [4.78, 5) is 0. The van der Waals surface area contributed by atoms with E-state index in [1.54, 1.807) is 12.1 Å². The van der Waals surface area contributed by atoms with Gasteiger partial charge in [0.1, 0.15) is 0 Å². The molecule has 1 heterocycles. The van der Waals surface area contributed by atoms with Gasteiger partial charge in [0.15, 0.2) is 11.6 Å². The van der Waals surface area contributed by atoms with Crippen molar-refractivity contribution < 1.29 is 13.5 Å². The second kappa shape index (κ2) is 5.97. The summed E-state index contributed by atoms with van der Waals surface area (Å²) in [5.74, 6) is -1.54. The molecule has 0 spiro atoms. The lowest BCUT2D eigenvalue weighted by molar-refractivity contribution is -0.0871. The lowest BCUT2D eigenvalue weighted by Gasteiger charge is -2.40. The van der Waals surface area contributed by atoms with Gasteiger partial charge in [-0.2, -0.15) is 0 Å². The molecule has 0 saturated carbocycles. The van der Waals surface area contributed by atoms with E-state index in [-0.39, 0.29) is 11.6 Å². The third-order valence-electron chi connectivity index (χ3n) is 4.04. The van der Waals surface area contributed by atoms with Crippen molar-refractivity contribution in [2.24, 2.45) is 0 Å². The highest BCUT2D eigenvalue weighted by molar-refractivity contribution is 5.21. The van der Waals surface area contributed by atoms with Gasteiger partial charge < -0.3 is 10.1 Å². The molecule has 0 amide bonds. The minimum absolute atomic E-state index is 0.0240. The Hall–Kier alpha value is -1.00. The fourth-order valence-electron chi connectivity index (χ4n) is 2.78. The van der Waals surface area contributed by atoms with Crippen molar-refractivity contribution in [3.05, 3.63) is 35.4 Å². The quantitative estimate of drug-likeness (QED) is 0.907. The SMILES string of the molecule is CNC(Cc1cccc(F)c1F)C1(C)CCCCO1. The summed E-state index contributed by atoms with van der Waals surface area (Å²) in [5, 5.41) is 3.19. The van der Waals surface area contributed by atoms with Crippen molar-refractivity contribution in [1.82, 2.24) is 5.32 Å². The number of hydrogen-bond acceptors (Lipinski definition) is 2. The van der Waals surface area contributed by atoms with Crippen LogP contribution in [0.15, 0.2) is 18.2 Å². The van der Waals surface area contributed by atoms with Gasteiger partial charge in [-0.3, -0.25) is 0 Å². The summed E-state index contributed by atoms with van der Waals surface area (Å²) in [6, 6.07) is 4.30. The molecule has 1 saturated heterocycles. The smallest absolute Gasteiger partial charge is 0.162 e. The lowest BCUT2D eigenvalue weighted by Crippen LogP contribution is -2.52. The number of hydrogen-bond donors (Lipinski definition) is 1. The number of likely N-dealkylation sites (N-methyl/N-ethyl adjacent to an activating group) is 1. The van der Waals surface area contributed by atoms with Crippen molar-refractivity contribution >= 4 is 0 Å². The Kier molecular flexibility index (Phi) is 4.53. The Morgan fingerprint density at radius 1 is 1.37 bits per heavy atom. The van der Waals surface area contributed by atoms with Crippen LogP contribution in [0.4, 0.5) is 8.78 Å². The van der Waals surface area contributed by atoms with E-state index >= 15 is 0 Å². The van der Waals surface area contributed by atoms with E-state index in [9.17, 15) is 8.78 Å². The fraction of sp³-hybridized carbons (Fsp3) is 0.600. The van der Waals surface area contributed by atoms with Crippen molar-refractivity contribution in [2.75, 3.05) is 13.7 Å². The van der Waals surface area contributed by atoms with Crippen molar-refractivity contribution in [1.29, 1.82) is 0 Å². The van der Waals surface area contributed by atoms with Crippen LogP contribution in [0.3, 0.4) is 0 Å². The van der Waals surface area contributed by atoms with Gasteiger partial charge in [0.05, 0.1) is 5.60 Å². The van der Waals surface area contributed by atoms with Crippen LogP contribution in [0.5, 0.6) is 0 Å². The highest BCUT2D eigenvalue weighted by Gasteiger charge is 2.36. The summed E-state index contributed by atoms with van der Waals surface area (Å²) in [5.41, 5.74) is 0.0842. The molecule has 0 aliphatic carbocycles. The summed E-state index contributed by atoms with van der Waals surface area (Å²) in [7, 11) is 1.84. The highest BCUT2D eigenvalue weighted by Crippen LogP contribution is 2.30. The molecule has 1 aliphatic heterocycles. The third kappa shape index (κ3) is 3.12. The third-order valence-corrected chi connectivity index (χ3v) is 4.04. The van der Waals surface area contributed by atoms with Gasteiger partial charge in [0.25, 0.3) is 0 Å². The Morgan fingerprint density at radius 3 is 2.79 bits per heavy atom. The molecule has 2 unspecified atom stereocenters. The second-order valence-corrected chi connectivity index (χ2v) is 5.38. The van der Waals surface area contributed by atoms with Crippen LogP contribution in [0.1, 0.15) is 31.7 Å². The molecule has 2 atom stereocenters. The normalized spacial score (nSPS) is 25.3. The minimum Gasteiger partial charge on any atom is -0.374 e. The average molecular weight is 269 g/mol. The first-order valence-corrected chi connectivity index (χ1v) is 6.81. The van der Waals surface area contributed by atoms with E-state index in [0.717, 1.165) is 31.9 Å². The number of halogens is 2. The molecule has 4 heteroatoms. The maximum Gasteiger partial charge on any atom is 0.162 e. The van der Waals surface area contributed by atoms with Gasteiger partial charge in [-0.15, -0.1) is 0 Å². The van der Waals surface area contributed by atoms with E-state index in [0.29, 0.717) is 12.0 Å². The Morgan fingerprint density at radius 2 is 2.16 bits per heavy atom. The summed E-state index contributed by atoms with van der Waals surface area (Å²) in [6.07, 6.45) is 3.55. The van der Waals surface area contributed by atoms with Gasteiger partial charge in [0, 0.05) is 12.6 Å². The van der Waals surface area contributed by atoms with Crippen LogP contribution < -0.4 is 5.32 Å². The van der Waals surface area contributed by atoms with Crippen LogP contribution in [0, 0.1) is 11.6 Å². The average Bonchev–Trinajstić information content (AvgIpc) is 2.41. The van der Waals surface area contributed by atoms with E-state index in [2.05, 4.69) is 5.32 Å². The van der Waals surface area contributed by atoms with E-state index in [1.807, 2.05) is 14.0 Å². The maximum atomic E-state index is 13.7. The van der Waals surface area contributed by atoms with Gasteiger partial charge in [-0.1, -0.05) is 12.1 Å². The van der Waals surface area contributed by atoms with Crippen LogP contribution >= 0.6 is 0 Å². The van der Waals surface area contributed by atoms with Gasteiger partial charge in [-0.25, -0.2) is 8.78 Å². The summed E-state index contributed by atoms with van der Waals surface area (Å²) in [6.45, 7) is 2.78. The molecule has 1 aliphatic rings. The van der Waals surface area contributed by atoms with E-state index < -0.39 is 11.6 Å². The predicted octanol–water partition coefficient (Wildman–Crippen LogP) is 3.05. The molecule has 2 rings (SSSR count). The standard InChI is InChI=1S/C15H21F2NO/c1-15(8-3-4-9-19-15)13(18-2)10-11-6-5-7-12(16)14(11)17/h5-7,13,18H,3-4,8-10H2,1-2H3. The molecule has 0 bridgehead atoms. The topological polar surface area (TPSA) is 21.3 Å². The number of rotatable bonds is 4. The van der Waals surface area contributed by atoms with E-state index in [4.69, 9.17) is 4.74 Å². The molecule has 1 aromatic rings. The molecule has 1 fully saturated rings. The fourth-order valence-corrected chi connectivity index (χ4v) is 2.78. The number of nitrogens with one attached hydrogen (secondary N) is 1. The second-order valence-electron chi connectivity index (χ2n) is 5.38. The zero-order valence-corrected chi connectivity index (χ0v) is 11.5. The molecule has 1 aromatic carbocycles. The number of benzene rings is 1. The van der Waals surface area contributed by atoms with Crippen LogP contribution in [0.2, 0.25) is 0 Å². The molecule has 2 nitrogen and oxygen atoms in total. The Balaban J connectivity index is 2.16. The molecule has 1 N–H and O–H groups in total. The first kappa shape index (κ1) is 14.4. The molecular weight excluding hydrogens is 248 g/mol. The zero-order valence-electron chi connectivity index (χ0n) is 11.5. The molecular formula is C15H21F2NO. The Bertz CT molecular complexity index is 430. The van der Waals surface area contributed by atoms with Crippen molar-refractivity contribution in [2.45, 2.75) is 44.2 Å². The van der Waals surface area contributed by atoms with Gasteiger partial charge in [0.2, 0.25) is 0 Å². The lowest BCUT2D eigenvalue weighted by atomic mass is 9.84. The molecule has 19 heavy (non-hydrogen) atoms. The van der Waals surface area contributed by atoms with Crippen LogP contribution in [-0.4, -0.2) is 25.3 Å². The summed E-state index contributed by atoms with van der Waals surface area (Å²) >= 11 is 0. The summed E-state index contributed by atoms with van der Waals surface area (Å²) < 4.78 is 32.9. The first-order chi connectivity index (χ1) is 9.07. The van der Waals surface area contributed by atoms with Crippen LogP contribution in [0.25, 0.3) is 0 Å². The van der Waals surface area contributed by atoms with Crippen LogP contribution in [-0.2, 0) is 11.2 Å². The minimum atomic E-state index is -0.790. The van der Waals surface area contributed by atoms with Crippen molar-refractivity contribution in [3.8, 4) is 0 Å². The molecule has 0 radical (unpaired) electrons. The molecule has 0 aromatic heterocycles. The zero-order chi connectivity index (χ0) is 13.9.